The summed E-state index contributed by atoms with van der Waals surface area (Å²) in [6, 6.07) is 0. The molecule has 2 saturated heterocycles. The minimum atomic E-state index is -0.729. The molecule has 2 fully saturated rings. The summed E-state index contributed by atoms with van der Waals surface area (Å²) >= 11 is 0. The third-order valence-corrected chi connectivity index (χ3v) is 3.69. The zero-order valence-corrected chi connectivity index (χ0v) is 8.34. The second kappa shape index (κ2) is 2.48. The number of amides is 2. The Kier molecular flexibility index (Phi) is 1.50. The molecule has 4 atom stereocenters. The van der Waals surface area contributed by atoms with Crippen LogP contribution in [0.1, 0.15) is 0 Å². The first-order valence-electron chi connectivity index (χ1n) is 4.99. The van der Waals surface area contributed by atoms with Crippen LogP contribution in [-0.2, 0) is 14.3 Å². The van der Waals surface area contributed by atoms with Gasteiger partial charge in [0.15, 0.2) is 0 Å². The fourth-order valence-electron chi connectivity index (χ4n) is 2.88. The highest BCUT2D eigenvalue weighted by Gasteiger charge is 2.66. The molecule has 2 amide bonds. The highest BCUT2D eigenvalue weighted by molar-refractivity contribution is 6.06. The van der Waals surface area contributed by atoms with Crippen molar-refractivity contribution in [2.24, 2.45) is 17.6 Å². The van der Waals surface area contributed by atoms with Gasteiger partial charge >= 0.3 is 0 Å². The molecule has 3 rings (SSSR count). The summed E-state index contributed by atoms with van der Waals surface area (Å²) in [6.07, 6.45) is 3.42. The second-order valence-corrected chi connectivity index (χ2v) is 4.34. The molecule has 3 heterocycles. The number of nitrogens with two attached hydrogens (primary N) is 1. The number of hydrogen-bond acceptors (Lipinski definition) is 4. The van der Waals surface area contributed by atoms with Crippen LogP contribution in [0.2, 0.25) is 0 Å². The normalized spacial score (nSPS) is 46.8. The molecule has 3 aliphatic rings. The smallest absolute Gasteiger partial charge is 0.236 e. The average Bonchev–Trinajstić information content (AvgIpc) is 2.86. The minimum absolute atomic E-state index is 0.144. The van der Waals surface area contributed by atoms with E-state index >= 15 is 0 Å². The third kappa shape index (κ3) is 0.815. The molecule has 0 aromatic heterocycles. The van der Waals surface area contributed by atoms with E-state index in [0.717, 1.165) is 0 Å². The summed E-state index contributed by atoms with van der Waals surface area (Å²) in [6.45, 7) is 0.244. The molecule has 0 radical (unpaired) electrons. The van der Waals surface area contributed by atoms with E-state index in [4.69, 9.17) is 10.5 Å². The maximum atomic E-state index is 11.9. The Morgan fingerprint density at radius 2 is 2.27 bits per heavy atom. The number of hydrogen-bond donors (Lipinski definition) is 1. The summed E-state index contributed by atoms with van der Waals surface area (Å²) in [5.74, 6) is -1.07. The van der Waals surface area contributed by atoms with Gasteiger partial charge in [-0.2, -0.15) is 0 Å². The van der Waals surface area contributed by atoms with E-state index in [1.807, 2.05) is 12.2 Å². The van der Waals surface area contributed by atoms with Crippen LogP contribution >= 0.6 is 0 Å². The van der Waals surface area contributed by atoms with Gasteiger partial charge in [-0.15, -0.1) is 0 Å². The predicted molar refractivity (Wildman–Crippen MR) is 50.6 cm³/mol. The molecule has 80 valence electrons. The van der Waals surface area contributed by atoms with Crippen molar-refractivity contribution < 1.29 is 14.3 Å². The third-order valence-electron chi connectivity index (χ3n) is 3.69. The lowest BCUT2D eigenvalue weighted by Crippen LogP contribution is -2.45. The molecule has 2 N–H and O–H groups in total. The molecule has 0 spiro atoms. The second-order valence-electron chi connectivity index (χ2n) is 4.34. The van der Waals surface area contributed by atoms with Crippen LogP contribution in [0.15, 0.2) is 12.2 Å². The Morgan fingerprint density at radius 1 is 1.53 bits per heavy atom. The fourth-order valence-corrected chi connectivity index (χ4v) is 2.88. The molecule has 2 bridgehead atoms. The highest BCUT2D eigenvalue weighted by Crippen LogP contribution is 2.50. The van der Waals surface area contributed by atoms with Gasteiger partial charge in [0.25, 0.3) is 0 Å². The van der Waals surface area contributed by atoms with E-state index in [0.29, 0.717) is 0 Å². The first kappa shape index (κ1) is 9.06. The number of carbonyl (C=O) groups is 2. The van der Waals surface area contributed by atoms with Crippen LogP contribution in [0.5, 0.6) is 0 Å². The van der Waals surface area contributed by atoms with Crippen LogP contribution in [0, 0.1) is 11.8 Å². The van der Waals surface area contributed by atoms with Crippen molar-refractivity contribution in [1.82, 2.24) is 4.90 Å². The Labute approximate surface area is 86.9 Å². The molecule has 0 aliphatic carbocycles. The van der Waals surface area contributed by atoms with Gasteiger partial charge in [0.2, 0.25) is 11.8 Å². The zero-order valence-electron chi connectivity index (χ0n) is 8.34. The van der Waals surface area contributed by atoms with E-state index < -0.39 is 11.5 Å². The SMILES string of the molecule is CN1C(=O)C2C3C=CC(CN)(O3)C2C1=O. The maximum Gasteiger partial charge on any atom is 0.236 e. The van der Waals surface area contributed by atoms with Crippen LogP contribution < -0.4 is 5.73 Å². The van der Waals surface area contributed by atoms with Crippen LogP contribution in [-0.4, -0.2) is 42.0 Å². The Bertz CT molecular complexity index is 392. The molecule has 15 heavy (non-hydrogen) atoms. The molecular weight excluding hydrogens is 196 g/mol. The standard InChI is InChI=1S/C10H12N2O3/c1-12-8(13)6-5-2-3-10(4-11,15-5)7(6)9(12)14/h2-3,5-7H,4,11H2,1H3. The van der Waals surface area contributed by atoms with Crippen LogP contribution in [0.25, 0.3) is 0 Å². The average molecular weight is 208 g/mol. The first-order chi connectivity index (χ1) is 7.10. The number of nitrogens with zero attached hydrogens (tertiary/aromatic N) is 1. The van der Waals surface area contributed by atoms with Gasteiger partial charge in [0, 0.05) is 13.6 Å². The zero-order chi connectivity index (χ0) is 10.8. The molecule has 4 unspecified atom stereocenters. The van der Waals surface area contributed by atoms with Gasteiger partial charge in [0.1, 0.15) is 5.60 Å². The lowest BCUT2D eigenvalue weighted by Gasteiger charge is -2.26. The van der Waals surface area contributed by atoms with Gasteiger partial charge in [-0.3, -0.25) is 14.5 Å². The molecule has 5 heteroatoms. The van der Waals surface area contributed by atoms with Crippen molar-refractivity contribution in [2.45, 2.75) is 11.7 Å². The predicted octanol–water partition coefficient (Wildman–Crippen LogP) is -1.12. The molecule has 0 aromatic carbocycles. The quantitative estimate of drug-likeness (QED) is 0.438. The van der Waals surface area contributed by atoms with Crippen molar-refractivity contribution in [2.75, 3.05) is 13.6 Å². The topological polar surface area (TPSA) is 72.6 Å². The van der Waals surface area contributed by atoms with E-state index in [-0.39, 0.29) is 30.4 Å². The summed E-state index contributed by atoms with van der Waals surface area (Å²) in [5, 5.41) is 0. The van der Waals surface area contributed by atoms with Crippen LogP contribution in [0.3, 0.4) is 0 Å². The van der Waals surface area contributed by atoms with Gasteiger partial charge in [-0.05, 0) is 0 Å². The fraction of sp³-hybridized carbons (Fsp3) is 0.600. The van der Waals surface area contributed by atoms with Crippen molar-refractivity contribution >= 4 is 11.8 Å². The van der Waals surface area contributed by atoms with Crippen molar-refractivity contribution in [1.29, 1.82) is 0 Å². The lowest BCUT2D eigenvalue weighted by molar-refractivity contribution is -0.142. The van der Waals surface area contributed by atoms with Crippen molar-refractivity contribution in [3.05, 3.63) is 12.2 Å². The molecule has 0 saturated carbocycles. The van der Waals surface area contributed by atoms with Gasteiger partial charge < -0.3 is 10.5 Å². The Morgan fingerprint density at radius 3 is 2.93 bits per heavy atom. The van der Waals surface area contributed by atoms with E-state index in [2.05, 4.69) is 0 Å². The molecular formula is C10H12N2O3. The largest absolute Gasteiger partial charge is 0.361 e. The molecule has 0 aromatic rings. The van der Waals surface area contributed by atoms with Gasteiger partial charge in [0.05, 0.1) is 17.9 Å². The summed E-state index contributed by atoms with van der Waals surface area (Å²) < 4.78 is 5.66. The van der Waals surface area contributed by atoms with Gasteiger partial charge in [-0.25, -0.2) is 0 Å². The number of fused-ring (bicyclic) bond motifs is 5. The van der Waals surface area contributed by atoms with Gasteiger partial charge in [-0.1, -0.05) is 12.2 Å². The Hall–Kier alpha value is -1.20. The van der Waals surface area contributed by atoms with E-state index in [1.54, 1.807) is 0 Å². The summed E-state index contributed by atoms with van der Waals surface area (Å²) in [7, 11) is 1.52. The van der Waals surface area contributed by atoms with E-state index in [1.165, 1.54) is 11.9 Å². The first-order valence-corrected chi connectivity index (χ1v) is 4.99. The van der Waals surface area contributed by atoms with Crippen LogP contribution in [0.4, 0.5) is 0 Å². The maximum absolute atomic E-state index is 11.9. The summed E-state index contributed by atoms with van der Waals surface area (Å²) in [5.41, 5.74) is 4.93. The highest BCUT2D eigenvalue weighted by atomic mass is 16.5. The van der Waals surface area contributed by atoms with E-state index in [9.17, 15) is 9.59 Å². The van der Waals surface area contributed by atoms with Crippen molar-refractivity contribution in [3.63, 3.8) is 0 Å². The monoisotopic (exact) mass is 208 g/mol. The number of carbonyl (C=O) groups excluding carboxylic acids is 2. The number of imide groups is 1. The van der Waals surface area contributed by atoms with Crippen molar-refractivity contribution in [3.8, 4) is 0 Å². The lowest BCUT2D eigenvalue weighted by atomic mass is 9.77. The number of rotatable bonds is 1. The number of likely N-dealkylation sites (tertiary alicyclic amines) is 1. The Balaban J connectivity index is 2.10. The molecule has 5 nitrogen and oxygen atoms in total. The number of ether oxygens (including phenoxy) is 1. The summed E-state index contributed by atoms with van der Waals surface area (Å²) in [4.78, 5) is 24.9. The molecule has 3 aliphatic heterocycles. The minimum Gasteiger partial charge on any atom is -0.361 e.